The number of aromatic nitrogens is 4. The molecule has 0 fully saturated rings. The lowest BCUT2D eigenvalue weighted by molar-refractivity contribution is 0.391. The van der Waals surface area contributed by atoms with Crippen molar-refractivity contribution in [3.05, 3.63) is 76.6 Å². The van der Waals surface area contributed by atoms with Crippen LogP contribution in [0.25, 0.3) is 17.1 Å². The third-order valence-electron chi connectivity index (χ3n) is 4.11. The summed E-state index contributed by atoms with van der Waals surface area (Å²) in [5.41, 5.74) is 4.01. The molecule has 2 aromatic carbocycles. The summed E-state index contributed by atoms with van der Waals surface area (Å²) in [5, 5.41) is 14.3. The van der Waals surface area contributed by atoms with Crippen LogP contribution in [0.2, 0.25) is 5.02 Å². The van der Waals surface area contributed by atoms with Gasteiger partial charge in [0.15, 0.2) is 11.0 Å². The van der Waals surface area contributed by atoms with Crippen LogP contribution in [-0.4, -0.2) is 19.9 Å². The number of nitrogens with zero attached hydrogens (tertiary/aromatic N) is 4. The van der Waals surface area contributed by atoms with E-state index in [-0.39, 0.29) is 0 Å². The van der Waals surface area contributed by atoms with Crippen LogP contribution in [0.1, 0.15) is 17.0 Å². The maximum Gasteiger partial charge on any atom is 0.196 e. The van der Waals surface area contributed by atoms with Gasteiger partial charge in [-0.05, 0) is 49.7 Å². The molecule has 0 saturated heterocycles. The summed E-state index contributed by atoms with van der Waals surface area (Å²) >= 11 is 7.61. The summed E-state index contributed by atoms with van der Waals surface area (Å²) < 4.78 is 7.39. The minimum Gasteiger partial charge on any atom is -0.360 e. The maximum atomic E-state index is 6.04. The van der Waals surface area contributed by atoms with Gasteiger partial charge in [0.1, 0.15) is 5.76 Å². The lowest BCUT2D eigenvalue weighted by Gasteiger charge is -2.12. The van der Waals surface area contributed by atoms with E-state index in [0.717, 1.165) is 39.2 Å². The maximum absolute atomic E-state index is 6.04. The Morgan fingerprint density at radius 2 is 1.81 bits per heavy atom. The Hall–Kier alpha value is -2.57. The molecule has 0 atom stereocenters. The molecule has 4 rings (SSSR count). The molecule has 27 heavy (non-hydrogen) atoms. The zero-order chi connectivity index (χ0) is 18.8. The standard InChI is InChI=1S/C20H17ClN4OS/c1-13-5-3-4-6-18(13)25-19(15-7-9-16(21)10-8-15)22-23-20(25)27-12-17-11-14(2)24-26-17/h3-11H,12H2,1-2H3. The zero-order valence-electron chi connectivity index (χ0n) is 14.9. The van der Waals surface area contributed by atoms with Gasteiger partial charge in [0.05, 0.1) is 17.1 Å². The van der Waals surface area contributed by atoms with E-state index in [1.165, 1.54) is 0 Å². The normalized spacial score (nSPS) is 11.1. The molecule has 0 amide bonds. The second-order valence-electron chi connectivity index (χ2n) is 6.16. The molecular formula is C20H17ClN4OS. The molecular weight excluding hydrogens is 380 g/mol. The molecule has 0 aliphatic carbocycles. The number of hydrogen-bond acceptors (Lipinski definition) is 5. The highest BCUT2D eigenvalue weighted by Gasteiger charge is 2.18. The predicted molar refractivity (Wildman–Crippen MR) is 107 cm³/mol. The Balaban J connectivity index is 1.77. The Morgan fingerprint density at radius 3 is 2.52 bits per heavy atom. The van der Waals surface area contributed by atoms with Gasteiger partial charge in [-0.2, -0.15) is 0 Å². The molecule has 0 aliphatic rings. The van der Waals surface area contributed by atoms with Crippen molar-refractivity contribution in [3.63, 3.8) is 0 Å². The SMILES string of the molecule is Cc1cc(CSc2nnc(-c3ccc(Cl)cc3)n2-c2ccccc2C)on1. The Bertz CT molecular complexity index is 1070. The summed E-state index contributed by atoms with van der Waals surface area (Å²) in [7, 11) is 0. The molecule has 0 spiro atoms. The van der Waals surface area contributed by atoms with Crippen LogP contribution < -0.4 is 0 Å². The molecule has 0 bridgehead atoms. The first kappa shape index (κ1) is 17.8. The second-order valence-corrected chi connectivity index (χ2v) is 7.54. The van der Waals surface area contributed by atoms with Gasteiger partial charge in [-0.3, -0.25) is 4.57 Å². The summed E-state index contributed by atoms with van der Waals surface area (Å²) in [6, 6.07) is 17.7. The van der Waals surface area contributed by atoms with E-state index < -0.39 is 0 Å². The molecule has 4 aromatic rings. The van der Waals surface area contributed by atoms with Crippen LogP contribution >= 0.6 is 23.4 Å². The van der Waals surface area contributed by atoms with Crippen molar-refractivity contribution in [2.24, 2.45) is 0 Å². The van der Waals surface area contributed by atoms with E-state index >= 15 is 0 Å². The highest BCUT2D eigenvalue weighted by Crippen LogP contribution is 2.31. The van der Waals surface area contributed by atoms with Gasteiger partial charge in [-0.1, -0.05) is 46.7 Å². The van der Waals surface area contributed by atoms with Gasteiger partial charge in [0.25, 0.3) is 0 Å². The van der Waals surface area contributed by atoms with Crippen molar-refractivity contribution in [2.75, 3.05) is 0 Å². The molecule has 2 aromatic heterocycles. The fourth-order valence-electron chi connectivity index (χ4n) is 2.80. The first-order chi connectivity index (χ1) is 13.1. The van der Waals surface area contributed by atoms with E-state index in [0.29, 0.717) is 10.8 Å². The molecule has 0 unspecified atom stereocenters. The van der Waals surface area contributed by atoms with Crippen molar-refractivity contribution in [3.8, 4) is 17.1 Å². The second kappa shape index (κ2) is 7.58. The molecule has 7 heteroatoms. The average Bonchev–Trinajstić information content (AvgIpc) is 3.27. The van der Waals surface area contributed by atoms with Gasteiger partial charge in [-0.15, -0.1) is 10.2 Å². The van der Waals surface area contributed by atoms with Crippen molar-refractivity contribution < 1.29 is 4.52 Å². The van der Waals surface area contributed by atoms with Gasteiger partial charge in [-0.25, -0.2) is 0 Å². The number of thioether (sulfide) groups is 1. The largest absolute Gasteiger partial charge is 0.360 e. The zero-order valence-corrected chi connectivity index (χ0v) is 16.5. The minimum atomic E-state index is 0.630. The Labute approximate surface area is 166 Å². The molecule has 2 heterocycles. The highest BCUT2D eigenvalue weighted by molar-refractivity contribution is 7.98. The quantitative estimate of drug-likeness (QED) is 0.418. The van der Waals surface area contributed by atoms with Gasteiger partial charge < -0.3 is 4.52 Å². The monoisotopic (exact) mass is 396 g/mol. The third-order valence-corrected chi connectivity index (χ3v) is 5.32. The Kier molecular flexibility index (Phi) is 5.01. The number of hydrogen-bond donors (Lipinski definition) is 0. The van der Waals surface area contributed by atoms with Crippen LogP contribution in [0.15, 0.2) is 64.3 Å². The summed E-state index contributed by atoms with van der Waals surface area (Å²) in [5.74, 6) is 2.22. The van der Waals surface area contributed by atoms with Gasteiger partial charge in [0.2, 0.25) is 0 Å². The lowest BCUT2D eigenvalue weighted by atomic mass is 10.1. The first-order valence-corrected chi connectivity index (χ1v) is 9.80. The molecule has 0 aliphatic heterocycles. The fraction of sp³-hybridized carbons (Fsp3) is 0.150. The highest BCUT2D eigenvalue weighted by atomic mass is 35.5. The summed E-state index contributed by atoms with van der Waals surface area (Å²) in [6.07, 6.45) is 0. The molecule has 5 nitrogen and oxygen atoms in total. The van der Waals surface area contributed by atoms with E-state index in [1.54, 1.807) is 11.8 Å². The van der Waals surface area contributed by atoms with E-state index in [9.17, 15) is 0 Å². The predicted octanol–water partition coefficient (Wildman–Crippen LogP) is 5.48. The minimum absolute atomic E-state index is 0.630. The van der Waals surface area contributed by atoms with Crippen LogP contribution in [0, 0.1) is 13.8 Å². The van der Waals surface area contributed by atoms with E-state index in [1.807, 2.05) is 49.4 Å². The van der Waals surface area contributed by atoms with Crippen LogP contribution in [-0.2, 0) is 5.75 Å². The lowest BCUT2D eigenvalue weighted by Crippen LogP contribution is -2.01. The molecule has 0 N–H and O–H groups in total. The molecule has 0 radical (unpaired) electrons. The van der Waals surface area contributed by atoms with Gasteiger partial charge in [0, 0.05) is 16.7 Å². The van der Waals surface area contributed by atoms with Crippen LogP contribution in [0.4, 0.5) is 0 Å². The van der Waals surface area contributed by atoms with Gasteiger partial charge >= 0.3 is 0 Å². The number of para-hydroxylation sites is 1. The Morgan fingerprint density at radius 1 is 1.04 bits per heavy atom. The topological polar surface area (TPSA) is 56.7 Å². The van der Waals surface area contributed by atoms with Crippen molar-refractivity contribution >= 4 is 23.4 Å². The number of halogens is 1. The summed E-state index contributed by atoms with van der Waals surface area (Å²) in [4.78, 5) is 0. The smallest absolute Gasteiger partial charge is 0.196 e. The number of rotatable bonds is 5. The van der Waals surface area contributed by atoms with E-state index in [4.69, 9.17) is 16.1 Å². The van der Waals surface area contributed by atoms with Crippen molar-refractivity contribution in [1.82, 2.24) is 19.9 Å². The first-order valence-electron chi connectivity index (χ1n) is 8.44. The molecule has 0 saturated carbocycles. The average molecular weight is 397 g/mol. The third kappa shape index (κ3) is 3.77. The van der Waals surface area contributed by atoms with E-state index in [2.05, 4.69) is 39.0 Å². The fourth-order valence-corrected chi connectivity index (χ4v) is 3.75. The van der Waals surface area contributed by atoms with Crippen LogP contribution in [0.3, 0.4) is 0 Å². The van der Waals surface area contributed by atoms with Crippen molar-refractivity contribution in [1.29, 1.82) is 0 Å². The number of aryl methyl sites for hydroxylation is 2. The van der Waals surface area contributed by atoms with Crippen molar-refractivity contribution in [2.45, 2.75) is 24.8 Å². The number of benzene rings is 2. The molecule has 136 valence electrons. The van der Waals surface area contributed by atoms with Crippen LogP contribution in [0.5, 0.6) is 0 Å². The summed E-state index contributed by atoms with van der Waals surface area (Å²) in [6.45, 7) is 3.99.